The van der Waals surface area contributed by atoms with E-state index < -0.39 is 9.84 Å². The molecule has 0 saturated heterocycles. The van der Waals surface area contributed by atoms with Gasteiger partial charge in [0.15, 0.2) is 9.84 Å². The lowest BCUT2D eigenvalue weighted by Crippen LogP contribution is -2.41. The summed E-state index contributed by atoms with van der Waals surface area (Å²) in [6.45, 7) is 0.665. The van der Waals surface area contributed by atoms with Crippen LogP contribution in [0.25, 0.3) is 0 Å². The molecule has 18 heavy (non-hydrogen) atoms. The lowest BCUT2D eigenvalue weighted by atomic mass is 9.64. The maximum absolute atomic E-state index is 12.0. The Morgan fingerprint density at radius 1 is 1.22 bits per heavy atom. The summed E-state index contributed by atoms with van der Waals surface area (Å²) in [6, 6.07) is 5.88. The minimum Gasteiger partial charge on any atom is -0.330 e. The van der Waals surface area contributed by atoms with E-state index in [0.29, 0.717) is 17.2 Å². The van der Waals surface area contributed by atoms with Gasteiger partial charge in [-0.05, 0) is 42.9 Å². The number of rotatable bonds is 2. The Morgan fingerprint density at radius 3 is 2.61 bits per heavy atom. The third-order valence-electron chi connectivity index (χ3n) is 4.57. The molecule has 0 unspecified atom stereocenters. The van der Waals surface area contributed by atoms with E-state index in [4.69, 9.17) is 5.73 Å². The molecular weight excluding hydrogens is 246 g/mol. The third kappa shape index (κ3) is 1.70. The zero-order chi connectivity index (χ0) is 12.8. The lowest BCUT2D eigenvalue weighted by Gasteiger charge is -2.42. The van der Waals surface area contributed by atoms with Crippen molar-refractivity contribution in [3.05, 3.63) is 29.3 Å². The van der Waals surface area contributed by atoms with Crippen molar-refractivity contribution in [3.8, 4) is 0 Å². The highest BCUT2D eigenvalue weighted by Crippen LogP contribution is 2.44. The van der Waals surface area contributed by atoms with Crippen molar-refractivity contribution >= 4 is 9.84 Å². The predicted octanol–water partition coefficient (Wildman–Crippen LogP) is 1.79. The van der Waals surface area contributed by atoms with Crippen molar-refractivity contribution < 1.29 is 8.42 Å². The van der Waals surface area contributed by atoms with Crippen LogP contribution in [0.2, 0.25) is 0 Å². The van der Waals surface area contributed by atoms with Gasteiger partial charge in [-0.15, -0.1) is 0 Å². The van der Waals surface area contributed by atoms with Gasteiger partial charge in [0.25, 0.3) is 0 Å². The molecule has 4 heteroatoms. The molecule has 1 fully saturated rings. The first-order valence-corrected chi connectivity index (χ1v) is 8.29. The number of sulfone groups is 1. The molecule has 1 aliphatic carbocycles. The average Bonchev–Trinajstić information content (AvgIpc) is 2.27. The fourth-order valence-electron chi connectivity index (χ4n) is 3.18. The summed E-state index contributed by atoms with van der Waals surface area (Å²) in [4.78, 5) is 0.545. The van der Waals surface area contributed by atoms with Crippen LogP contribution >= 0.6 is 0 Å². The van der Waals surface area contributed by atoms with Gasteiger partial charge in [-0.1, -0.05) is 18.6 Å². The second kappa shape index (κ2) is 4.07. The molecule has 0 spiro atoms. The van der Waals surface area contributed by atoms with Crippen molar-refractivity contribution in [2.45, 2.75) is 42.4 Å². The summed E-state index contributed by atoms with van der Waals surface area (Å²) in [7, 11) is -3.03. The number of aryl methyl sites for hydroxylation is 1. The molecule has 1 saturated carbocycles. The minimum absolute atomic E-state index is 0.121. The lowest BCUT2D eigenvalue weighted by molar-refractivity contribution is 0.252. The first-order chi connectivity index (χ1) is 8.57. The quantitative estimate of drug-likeness (QED) is 0.887. The summed E-state index contributed by atoms with van der Waals surface area (Å²) in [5.74, 6) is 0.293. The van der Waals surface area contributed by atoms with E-state index in [9.17, 15) is 8.42 Å². The van der Waals surface area contributed by atoms with Crippen LogP contribution in [-0.4, -0.2) is 20.7 Å². The maximum Gasteiger partial charge on any atom is 0.178 e. The van der Waals surface area contributed by atoms with Gasteiger partial charge in [-0.2, -0.15) is 0 Å². The molecular formula is C14H19NO2S. The summed E-state index contributed by atoms with van der Waals surface area (Å²) < 4.78 is 23.9. The van der Waals surface area contributed by atoms with E-state index >= 15 is 0 Å². The zero-order valence-electron chi connectivity index (χ0n) is 10.5. The molecule has 2 N–H and O–H groups in total. The highest BCUT2D eigenvalue weighted by Gasteiger charge is 2.38. The standard InChI is InChI=1S/C14H19NO2S/c15-10-14(6-2-7-14)12-4-5-13-11(9-12)3-1-8-18(13,16)17/h4-5,9H,1-3,6-8,10,15H2. The highest BCUT2D eigenvalue weighted by atomic mass is 32.2. The zero-order valence-corrected chi connectivity index (χ0v) is 11.3. The molecule has 1 aromatic rings. The molecule has 0 radical (unpaired) electrons. The van der Waals surface area contributed by atoms with Crippen molar-refractivity contribution in [1.29, 1.82) is 0 Å². The van der Waals surface area contributed by atoms with E-state index in [-0.39, 0.29) is 5.41 Å². The Bertz CT molecular complexity index is 568. The summed E-state index contributed by atoms with van der Waals surface area (Å²) >= 11 is 0. The number of fused-ring (bicyclic) bond motifs is 1. The van der Waals surface area contributed by atoms with E-state index in [1.165, 1.54) is 12.0 Å². The second-order valence-corrected chi connectivity index (χ2v) is 7.66. The number of nitrogens with two attached hydrogens (primary N) is 1. The van der Waals surface area contributed by atoms with Crippen molar-refractivity contribution in [2.75, 3.05) is 12.3 Å². The number of hydrogen-bond donors (Lipinski definition) is 1. The molecule has 98 valence electrons. The van der Waals surface area contributed by atoms with Crippen LogP contribution in [0.1, 0.15) is 36.8 Å². The van der Waals surface area contributed by atoms with E-state index in [1.807, 2.05) is 6.07 Å². The molecule has 3 rings (SSSR count). The molecule has 3 nitrogen and oxygen atoms in total. The first kappa shape index (κ1) is 12.2. The Labute approximate surface area is 108 Å². The van der Waals surface area contributed by atoms with Crippen LogP contribution in [0.15, 0.2) is 23.1 Å². The molecule has 1 heterocycles. The Morgan fingerprint density at radius 2 is 2.00 bits per heavy atom. The Balaban J connectivity index is 2.07. The largest absolute Gasteiger partial charge is 0.330 e. The van der Waals surface area contributed by atoms with Gasteiger partial charge in [0, 0.05) is 12.0 Å². The van der Waals surface area contributed by atoms with Gasteiger partial charge >= 0.3 is 0 Å². The van der Waals surface area contributed by atoms with Crippen LogP contribution in [0, 0.1) is 0 Å². The van der Waals surface area contributed by atoms with Gasteiger partial charge in [0.1, 0.15) is 0 Å². The molecule has 1 aromatic carbocycles. The van der Waals surface area contributed by atoms with Crippen molar-refractivity contribution in [3.63, 3.8) is 0 Å². The second-order valence-electron chi connectivity index (χ2n) is 5.58. The Kier molecular flexibility index (Phi) is 2.75. The van der Waals surface area contributed by atoms with Crippen LogP contribution in [-0.2, 0) is 21.7 Å². The van der Waals surface area contributed by atoms with Gasteiger partial charge in [0.05, 0.1) is 10.6 Å². The smallest absolute Gasteiger partial charge is 0.178 e. The molecule has 1 aliphatic heterocycles. The van der Waals surface area contributed by atoms with Crippen LogP contribution < -0.4 is 5.73 Å². The summed E-state index contributed by atoms with van der Waals surface area (Å²) in [5.41, 5.74) is 8.27. The SMILES string of the molecule is NCC1(c2ccc3c(c2)CCCS3(=O)=O)CCC1. The molecule has 0 atom stereocenters. The van der Waals surface area contributed by atoms with E-state index in [2.05, 4.69) is 6.07 Å². The molecule has 2 aliphatic rings. The highest BCUT2D eigenvalue weighted by molar-refractivity contribution is 7.91. The molecule has 0 bridgehead atoms. The fraction of sp³-hybridized carbons (Fsp3) is 0.571. The first-order valence-electron chi connectivity index (χ1n) is 6.64. The van der Waals surface area contributed by atoms with E-state index in [1.54, 1.807) is 6.07 Å². The van der Waals surface area contributed by atoms with E-state index in [0.717, 1.165) is 31.2 Å². The number of hydrogen-bond acceptors (Lipinski definition) is 3. The molecule has 0 amide bonds. The average molecular weight is 265 g/mol. The minimum atomic E-state index is -3.03. The predicted molar refractivity (Wildman–Crippen MR) is 71.4 cm³/mol. The van der Waals surface area contributed by atoms with Gasteiger partial charge < -0.3 is 5.73 Å². The van der Waals surface area contributed by atoms with Crippen molar-refractivity contribution in [2.24, 2.45) is 5.73 Å². The Hall–Kier alpha value is -0.870. The fourth-order valence-corrected chi connectivity index (χ4v) is 4.77. The van der Waals surface area contributed by atoms with Crippen molar-refractivity contribution in [1.82, 2.24) is 0 Å². The topological polar surface area (TPSA) is 60.2 Å². The monoisotopic (exact) mass is 265 g/mol. The van der Waals surface area contributed by atoms with Gasteiger partial charge in [-0.3, -0.25) is 0 Å². The van der Waals surface area contributed by atoms with Crippen LogP contribution in [0.3, 0.4) is 0 Å². The van der Waals surface area contributed by atoms with Gasteiger partial charge in [-0.25, -0.2) is 8.42 Å². The normalized spacial score (nSPS) is 24.1. The number of benzene rings is 1. The van der Waals surface area contributed by atoms with Crippen LogP contribution in [0.4, 0.5) is 0 Å². The summed E-state index contributed by atoms with van der Waals surface area (Å²) in [6.07, 6.45) is 5.12. The third-order valence-corrected chi connectivity index (χ3v) is 6.46. The molecule has 0 aromatic heterocycles. The van der Waals surface area contributed by atoms with Crippen LogP contribution in [0.5, 0.6) is 0 Å². The summed E-state index contributed by atoms with van der Waals surface area (Å²) in [5, 5.41) is 0. The maximum atomic E-state index is 12.0. The van der Waals surface area contributed by atoms with Gasteiger partial charge in [0.2, 0.25) is 0 Å².